The smallest absolute Gasteiger partial charge is 0.205 e. The molecule has 0 atom stereocenters. The van der Waals surface area contributed by atoms with Crippen LogP contribution in [0.15, 0.2) is 66.9 Å². The predicted octanol–water partition coefficient (Wildman–Crippen LogP) is 4.81. The number of hydrogen-bond acceptors (Lipinski definition) is 3. The molecule has 2 heterocycles. The molecule has 0 saturated heterocycles. The Morgan fingerprint density at radius 2 is 1.76 bits per heavy atom. The lowest BCUT2D eigenvalue weighted by molar-refractivity contribution is -0.673. The maximum atomic E-state index is 6.26. The van der Waals surface area contributed by atoms with Gasteiger partial charge in [-0.1, -0.05) is 11.6 Å². The average molecular weight is 386 g/mol. The molecule has 0 amide bonds. The molecule has 1 aliphatic heterocycles. The molecule has 3 aromatic rings. The summed E-state index contributed by atoms with van der Waals surface area (Å²) < 4.78 is 19.2. The molecule has 0 N–H and O–H groups in total. The number of aromatic nitrogens is 1. The molecule has 0 spiro atoms. The molecule has 0 fully saturated rings. The summed E-state index contributed by atoms with van der Waals surface area (Å²) in [4.78, 5) is 0. The van der Waals surface area contributed by atoms with E-state index in [4.69, 9.17) is 14.2 Å². The number of aryl methyl sites for hydroxylation is 2. The fourth-order valence-corrected chi connectivity index (χ4v) is 3.42. The van der Waals surface area contributed by atoms with Gasteiger partial charge in [0, 0.05) is 29.3 Å². The fraction of sp³-hybridized carbons (Fsp3) is 0.160. The van der Waals surface area contributed by atoms with Gasteiger partial charge in [0.25, 0.3) is 0 Å². The average Bonchev–Trinajstić information content (AvgIpc) is 2.75. The predicted molar refractivity (Wildman–Crippen MR) is 115 cm³/mol. The van der Waals surface area contributed by atoms with Crippen molar-refractivity contribution in [1.29, 1.82) is 0 Å². The van der Waals surface area contributed by atoms with Crippen LogP contribution >= 0.6 is 0 Å². The van der Waals surface area contributed by atoms with Gasteiger partial charge in [0.05, 0.1) is 14.2 Å². The highest BCUT2D eigenvalue weighted by atomic mass is 16.5. The van der Waals surface area contributed by atoms with Gasteiger partial charge >= 0.3 is 0 Å². The summed E-state index contributed by atoms with van der Waals surface area (Å²) >= 11 is 0. The molecule has 1 aliphatic rings. The third-order valence-corrected chi connectivity index (χ3v) is 5.02. The number of pyridine rings is 1. The maximum absolute atomic E-state index is 6.26. The van der Waals surface area contributed by atoms with Crippen molar-refractivity contribution in [3.8, 4) is 17.2 Å². The first kappa shape index (κ1) is 18.8. The monoisotopic (exact) mass is 386 g/mol. The van der Waals surface area contributed by atoms with Crippen LogP contribution in [0, 0.1) is 6.92 Å². The van der Waals surface area contributed by atoms with E-state index in [1.807, 2.05) is 49.6 Å². The molecule has 4 nitrogen and oxygen atoms in total. The van der Waals surface area contributed by atoms with Crippen molar-refractivity contribution >= 4 is 17.4 Å². The van der Waals surface area contributed by atoms with E-state index in [0.29, 0.717) is 11.5 Å². The maximum Gasteiger partial charge on any atom is 0.205 e. The second-order valence-electron chi connectivity index (χ2n) is 7.02. The first-order valence-electron chi connectivity index (χ1n) is 9.48. The first-order valence-corrected chi connectivity index (χ1v) is 9.48. The summed E-state index contributed by atoms with van der Waals surface area (Å²) in [5, 5.41) is 0. The minimum atomic E-state index is 0.671. The Kier molecular flexibility index (Phi) is 5.09. The van der Waals surface area contributed by atoms with Crippen molar-refractivity contribution in [2.45, 2.75) is 6.92 Å². The minimum Gasteiger partial charge on any atom is -0.493 e. The first-order chi connectivity index (χ1) is 14.1. The molecule has 0 saturated carbocycles. The van der Waals surface area contributed by atoms with Gasteiger partial charge in [-0.2, -0.15) is 0 Å². The number of ether oxygens (including phenoxy) is 3. The van der Waals surface area contributed by atoms with Gasteiger partial charge in [-0.3, -0.25) is 0 Å². The Morgan fingerprint density at radius 3 is 2.52 bits per heavy atom. The van der Waals surface area contributed by atoms with Gasteiger partial charge in [-0.25, -0.2) is 4.57 Å². The number of benzene rings is 2. The van der Waals surface area contributed by atoms with Gasteiger partial charge in [0.15, 0.2) is 17.7 Å². The molecular weight excluding hydrogens is 362 g/mol. The zero-order valence-electron chi connectivity index (χ0n) is 17.1. The molecule has 4 rings (SSSR count). The topological polar surface area (TPSA) is 31.6 Å². The summed E-state index contributed by atoms with van der Waals surface area (Å²) in [6.07, 6.45) is 6.30. The third kappa shape index (κ3) is 3.74. The van der Waals surface area contributed by atoms with E-state index in [0.717, 1.165) is 33.9 Å². The van der Waals surface area contributed by atoms with Crippen LogP contribution in [0.5, 0.6) is 17.2 Å². The van der Waals surface area contributed by atoms with Crippen LogP contribution < -0.4 is 18.8 Å². The lowest BCUT2D eigenvalue weighted by atomic mass is 9.96. The molecule has 2 aromatic carbocycles. The summed E-state index contributed by atoms with van der Waals surface area (Å²) in [6.45, 7) is 2.09. The summed E-state index contributed by atoms with van der Waals surface area (Å²) in [7, 11) is 5.31. The van der Waals surface area contributed by atoms with Crippen LogP contribution in [0.4, 0.5) is 0 Å². The SMILES string of the molecule is COc1ccc(C2=C/C(=C\c3cccc[n+]3C)c3cc(C)ccc3O2)cc1OC. The molecule has 0 bridgehead atoms. The second kappa shape index (κ2) is 7.84. The van der Waals surface area contributed by atoms with Crippen LogP contribution in [0.25, 0.3) is 17.4 Å². The normalized spacial score (nSPS) is 14.1. The molecule has 0 aliphatic carbocycles. The van der Waals surface area contributed by atoms with Crippen molar-refractivity contribution in [3.63, 3.8) is 0 Å². The van der Waals surface area contributed by atoms with E-state index in [2.05, 4.69) is 41.8 Å². The Hall–Kier alpha value is -3.53. The van der Waals surface area contributed by atoms with E-state index in [9.17, 15) is 0 Å². The van der Waals surface area contributed by atoms with E-state index in [1.54, 1.807) is 14.2 Å². The fourth-order valence-electron chi connectivity index (χ4n) is 3.42. The van der Waals surface area contributed by atoms with Gasteiger partial charge in [0.1, 0.15) is 18.6 Å². The zero-order chi connectivity index (χ0) is 20.4. The lowest BCUT2D eigenvalue weighted by Gasteiger charge is -2.21. The van der Waals surface area contributed by atoms with Crippen molar-refractivity contribution in [2.24, 2.45) is 7.05 Å². The number of methoxy groups -OCH3 is 2. The summed E-state index contributed by atoms with van der Waals surface area (Å²) in [5.41, 5.74) is 5.41. The van der Waals surface area contributed by atoms with Crippen LogP contribution in [-0.4, -0.2) is 14.2 Å². The highest BCUT2D eigenvalue weighted by Crippen LogP contribution is 2.40. The van der Waals surface area contributed by atoms with Crippen LogP contribution in [0.1, 0.15) is 22.4 Å². The second-order valence-corrected chi connectivity index (χ2v) is 7.02. The van der Waals surface area contributed by atoms with Crippen molar-refractivity contribution in [2.75, 3.05) is 14.2 Å². The van der Waals surface area contributed by atoms with Crippen molar-refractivity contribution in [3.05, 3.63) is 89.3 Å². The van der Waals surface area contributed by atoms with E-state index in [-0.39, 0.29) is 0 Å². The van der Waals surface area contributed by atoms with Gasteiger partial charge in [-0.15, -0.1) is 0 Å². The van der Waals surface area contributed by atoms with E-state index < -0.39 is 0 Å². The quantitative estimate of drug-likeness (QED) is 0.603. The highest BCUT2D eigenvalue weighted by molar-refractivity contribution is 5.95. The molecule has 0 unspecified atom stereocenters. The Labute approximate surface area is 171 Å². The number of nitrogens with zero attached hydrogens (tertiary/aromatic N) is 1. The molecule has 4 heteroatoms. The number of fused-ring (bicyclic) bond motifs is 1. The Balaban J connectivity index is 1.86. The molecule has 29 heavy (non-hydrogen) atoms. The van der Waals surface area contributed by atoms with Gasteiger partial charge in [0.2, 0.25) is 5.69 Å². The third-order valence-electron chi connectivity index (χ3n) is 5.02. The van der Waals surface area contributed by atoms with Crippen LogP contribution in [-0.2, 0) is 7.05 Å². The number of rotatable bonds is 4. The van der Waals surface area contributed by atoms with Gasteiger partial charge < -0.3 is 14.2 Å². The van der Waals surface area contributed by atoms with Crippen molar-refractivity contribution < 1.29 is 18.8 Å². The zero-order valence-corrected chi connectivity index (χ0v) is 17.1. The van der Waals surface area contributed by atoms with E-state index in [1.165, 1.54) is 5.56 Å². The largest absolute Gasteiger partial charge is 0.493 e. The summed E-state index contributed by atoms with van der Waals surface area (Å²) in [5.74, 6) is 2.97. The Morgan fingerprint density at radius 1 is 0.931 bits per heavy atom. The lowest BCUT2D eigenvalue weighted by Crippen LogP contribution is -2.30. The molecule has 0 radical (unpaired) electrons. The molecule has 1 aromatic heterocycles. The van der Waals surface area contributed by atoms with Crippen LogP contribution in [0.2, 0.25) is 0 Å². The molecule has 146 valence electrons. The van der Waals surface area contributed by atoms with Crippen LogP contribution in [0.3, 0.4) is 0 Å². The number of hydrogen-bond donors (Lipinski definition) is 0. The highest BCUT2D eigenvalue weighted by Gasteiger charge is 2.20. The van der Waals surface area contributed by atoms with Crippen molar-refractivity contribution in [1.82, 2.24) is 0 Å². The number of allylic oxidation sites excluding steroid dienone is 2. The van der Waals surface area contributed by atoms with Gasteiger partial charge in [-0.05, 0) is 55.0 Å². The standard InChI is InChI=1S/C25H24NO3/c1-17-8-10-22-21(13-17)19(14-20-7-5-6-12-26(20)2)16-24(29-22)18-9-11-23(27-3)25(15-18)28-4/h5-16H,1-4H3/q+1/b19-14+. The summed E-state index contributed by atoms with van der Waals surface area (Å²) in [6, 6.07) is 18.2. The molecular formula is C25H24NO3+. The van der Waals surface area contributed by atoms with E-state index >= 15 is 0 Å². The minimum absolute atomic E-state index is 0.671. The Bertz CT molecular complexity index is 1130.